The summed E-state index contributed by atoms with van der Waals surface area (Å²) in [7, 11) is 0. The molecule has 0 bridgehead atoms. The maximum atomic E-state index is 11.1. The number of carbonyl (C=O) groups is 1. The van der Waals surface area contributed by atoms with Crippen LogP contribution in [-0.4, -0.2) is 26.1 Å². The van der Waals surface area contributed by atoms with E-state index < -0.39 is 5.91 Å². The van der Waals surface area contributed by atoms with E-state index in [1.165, 1.54) is 10.8 Å². The third-order valence-corrected chi connectivity index (χ3v) is 4.07. The first-order valence-corrected chi connectivity index (χ1v) is 7.85. The van der Waals surface area contributed by atoms with Crippen LogP contribution in [0.4, 0.5) is 0 Å². The third kappa shape index (κ3) is 2.97. The Bertz CT molecular complexity index is 1050. The van der Waals surface area contributed by atoms with Gasteiger partial charge in [-0.05, 0) is 33.7 Å². The Morgan fingerprint density at radius 2 is 1.72 bits per heavy atom. The molecule has 1 aromatic heterocycles. The second-order valence-electron chi connectivity index (χ2n) is 5.72. The van der Waals surface area contributed by atoms with Crippen molar-refractivity contribution in [1.29, 1.82) is 0 Å². The summed E-state index contributed by atoms with van der Waals surface area (Å²) in [6.45, 7) is 0.535. The highest BCUT2D eigenvalue weighted by Gasteiger charge is 2.09. The number of rotatable bonds is 4. The van der Waals surface area contributed by atoms with Crippen LogP contribution in [-0.2, 0) is 6.54 Å². The standard InChI is InChI=1S/C19H15N5O/c20-18(25)14-8-10-15(11-9-14)19-21-23-24(22-19)12-16-6-3-5-13-4-1-2-7-17(13)16/h1-11H,12H2,(H2,20,25). The van der Waals surface area contributed by atoms with E-state index in [0.717, 1.165) is 11.1 Å². The topological polar surface area (TPSA) is 86.7 Å². The van der Waals surface area contributed by atoms with Crippen molar-refractivity contribution in [3.8, 4) is 11.4 Å². The van der Waals surface area contributed by atoms with Crippen LogP contribution in [0, 0.1) is 0 Å². The quantitative estimate of drug-likeness (QED) is 0.623. The largest absolute Gasteiger partial charge is 0.366 e. The molecule has 0 spiro atoms. The van der Waals surface area contributed by atoms with Gasteiger partial charge in [0.2, 0.25) is 11.7 Å². The zero-order chi connectivity index (χ0) is 17.2. The van der Waals surface area contributed by atoms with E-state index in [0.29, 0.717) is 17.9 Å². The van der Waals surface area contributed by atoms with Crippen LogP contribution in [0.25, 0.3) is 22.2 Å². The van der Waals surface area contributed by atoms with Gasteiger partial charge in [0.05, 0.1) is 6.54 Å². The van der Waals surface area contributed by atoms with Crippen LogP contribution in [0.15, 0.2) is 66.7 Å². The highest BCUT2D eigenvalue weighted by molar-refractivity contribution is 5.93. The minimum absolute atomic E-state index is 0.451. The predicted octanol–water partition coefficient (Wildman–Crippen LogP) is 2.64. The summed E-state index contributed by atoms with van der Waals surface area (Å²) >= 11 is 0. The first-order valence-electron chi connectivity index (χ1n) is 7.85. The second kappa shape index (κ2) is 6.16. The zero-order valence-electron chi connectivity index (χ0n) is 13.3. The van der Waals surface area contributed by atoms with Gasteiger partial charge in [0.15, 0.2) is 0 Å². The summed E-state index contributed by atoms with van der Waals surface area (Å²) < 4.78 is 0. The lowest BCUT2D eigenvalue weighted by atomic mass is 10.1. The fourth-order valence-corrected chi connectivity index (χ4v) is 2.79. The van der Waals surface area contributed by atoms with Gasteiger partial charge in [-0.15, -0.1) is 10.2 Å². The van der Waals surface area contributed by atoms with Crippen LogP contribution >= 0.6 is 0 Å². The van der Waals surface area contributed by atoms with E-state index >= 15 is 0 Å². The number of fused-ring (bicyclic) bond motifs is 1. The molecule has 0 unspecified atom stereocenters. The second-order valence-corrected chi connectivity index (χ2v) is 5.72. The number of aromatic nitrogens is 4. The van der Waals surface area contributed by atoms with Crippen molar-refractivity contribution in [1.82, 2.24) is 20.2 Å². The zero-order valence-corrected chi connectivity index (χ0v) is 13.3. The molecule has 0 saturated heterocycles. The number of carbonyl (C=O) groups excluding carboxylic acids is 1. The molecule has 0 aliphatic rings. The molecule has 25 heavy (non-hydrogen) atoms. The minimum Gasteiger partial charge on any atom is -0.366 e. The molecule has 122 valence electrons. The number of hydrogen-bond acceptors (Lipinski definition) is 4. The lowest BCUT2D eigenvalue weighted by molar-refractivity contribution is 0.100. The van der Waals surface area contributed by atoms with E-state index in [-0.39, 0.29) is 0 Å². The number of amides is 1. The van der Waals surface area contributed by atoms with E-state index in [9.17, 15) is 4.79 Å². The van der Waals surface area contributed by atoms with Gasteiger partial charge in [-0.2, -0.15) is 4.80 Å². The molecule has 0 radical (unpaired) electrons. The summed E-state index contributed by atoms with van der Waals surface area (Å²) in [5.74, 6) is 0.0513. The van der Waals surface area contributed by atoms with E-state index in [4.69, 9.17) is 5.73 Å². The number of tetrazole rings is 1. The summed E-state index contributed by atoms with van der Waals surface area (Å²) in [6.07, 6.45) is 0. The molecule has 4 rings (SSSR count). The molecule has 3 aromatic carbocycles. The maximum absolute atomic E-state index is 11.1. The van der Waals surface area contributed by atoms with E-state index in [1.807, 2.05) is 18.2 Å². The molecule has 0 atom stereocenters. The molecule has 1 heterocycles. The molecular weight excluding hydrogens is 314 g/mol. The Hall–Kier alpha value is -3.54. The molecule has 6 heteroatoms. The van der Waals surface area contributed by atoms with Gasteiger partial charge in [0.1, 0.15) is 0 Å². The molecule has 0 aliphatic carbocycles. The molecule has 4 aromatic rings. The van der Waals surface area contributed by atoms with Crippen molar-refractivity contribution in [2.75, 3.05) is 0 Å². The molecule has 6 nitrogen and oxygen atoms in total. The SMILES string of the molecule is NC(=O)c1ccc(-c2nnn(Cc3cccc4ccccc34)n2)cc1. The first kappa shape index (κ1) is 15.0. The highest BCUT2D eigenvalue weighted by Crippen LogP contribution is 2.19. The van der Waals surface area contributed by atoms with Crippen molar-refractivity contribution < 1.29 is 4.79 Å². The fourth-order valence-electron chi connectivity index (χ4n) is 2.79. The Balaban J connectivity index is 1.62. The monoisotopic (exact) mass is 329 g/mol. The van der Waals surface area contributed by atoms with Gasteiger partial charge in [0, 0.05) is 11.1 Å². The molecule has 0 fully saturated rings. The molecular formula is C19H15N5O. The lowest BCUT2D eigenvalue weighted by Gasteiger charge is -2.05. The van der Waals surface area contributed by atoms with Crippen molar-refractivity contribution in [3.05, 3.63) is 77.9 Å². The van der Waals surface area contributed by atoms with Crippen molar-refractivity contribution >= 4 is 16.7 Å². The molecule has 2 N–H and O–H groups in total. The van der Waals surface area contributed by atoms with Gasteiger partial charge in [-0.3, -0.25) is 4.79 Å². The third-order valence-electron chi connectivity index (χ3n) is 4.07. The smallest absolute Gasteiger partial charge is 0.248 e. The van der Waals surface area contributed by atoms with Crippen molar-refractivity contribution in [3.63, 3.8) is 0 Å². The van der Waals surface area contributed by atoms with Crippen LogP contribution in [0.2, 0.25) is 0 Å². The number of benzene rings is 3. The summed E-state index contributed by atoms with van der Waals surface area (Å²) in [5, 5.41) is 15.0. The van der Waals surface area contributed by atoms with Gasteiger partial charge in [0.25, 0.3) is 0 Å². The van der Waals surface area contributed by atoms with Gasteiger partial charge >= 0.3 is 0 Å². The maximum Gasteiger partial charge on any atom is 0.248 e. The number of primary amides is 1. The average molecular weight is 329 g/mol. The first-order chi connectivity index (χ1) is 12.2. The normalized spacial score (nSPS) is 10.9. The Morgan fingerprint density at radius 3 is 2.52 bits per heavy atom. The Kier molecular flexibility index (Phi) is 3.70. The van der Waals surface area contributed by atoms with Crippen molar-refractivity contribution in [2.45, 2.75) is 6.54 Å². The minimum atomic E-state index is -0.459. The highest BCUT2D eigenvalue weighted by atomic mass is 16.1. The van der Waals surface area contributed by atoms with Crippen LogP contribution in [0.5, 0.6) is 0 Å². The lowest BCUT2D eigenvalue weighted by Crippen LogP contribution is -2.10. The number of hydrogen-bond donors (Lipinski definition) is 1. The Morgan fingerprint density at radius 1 is 0.960 bits per heavy atom. The van der Waals surface area contributed by atoms with Gasteiger partial charge in [-0.25, -0.2) is 0 Å². The van der Waals surface area contributed by atoms with Crippen LogP contribution in [0.1, 0.15) is 15.9 Å². The van der Waals surface area contributed by atoms with Crippen LogP contribution in [0.3, 0.4) is 0 Å². The van der Waals surface area contributed by atoms with Gasteiger partial charge < -0.3 is 5.73 Å². The Labute approximate surface area is 143 Å². The van der Waals surface area contributed by atoms with Gasteiger partial charge in [-0.1, -0.05) is 54.6 Å². The number of nitrogens with zero attached hydrogens (tertiary/aromatic N) is 4. The summed E-state index contributed by atoms with van der Waals surface area (Å²) in [4.78, 5) is 12.7. The van der Waals surface area contributed by atoms with Crippen molar-refractivity contribution in [2.24, 2.45) is 5.73 Å². The van der Waals surface area contributed by atoms with E-state index in [2.05, 4.69) is 39.7 Å². The predicted molar refractivity (Wildman–Crippen MR) is 94.8 cm³/mol. The summed E-state index contributed by atoms with van der Waals surface area (Å²) in [5.41, 5.74) is 7.62. The molecule has 0 saturated carbocycles. The summed E-state index contributed by atoms with van der Waals surface area (Å²) in [6, 6.07) is 21.2. The fraction of sp³-hybridized carbons (Fsp3) is 0.0526. The average Bonchev–Trinajstić information content (AvgIpc) is 3.11. The number of nitrogens with two attached hydrogens (primary N) is 1. The van der Waals surface area contributed by atoms with Crippen LogP contribution < -0.4 is 5.73 Å². The molecule has 1 amide bonds. The molecule has 0 aliphatic heterocycles. The van der Waals surface area contributed by atoms with E-state index in [1.54, 1.807) is 29.1 Å².